The molecule has 1 unspecified atom stereocenters. The molecule has 2 N–H and O–H groups in total. The van der Waals surface area contributed by atoms with Crippen molar-refractivity contribution in [1.29, 1.82) is 0 Å². The van der Waals surface area contributed by atoms with E-state index in [1.54, 1.807) is 30.3 Å². The van der Waals surface area contributed by atoms with E-state index in [0.29, 0.717) is 39.8 Å². The number of carbonyl (C=O) groups is 2. The van der Waals surface area contributed by atoms with Gasteiger partial charge in [0.25, 0.3) is 5.91 Å². The van der Waals surface area contributed by atoms with Crippen molar-refractivity contribution in [2.45, 2.75) is 19.1 Å². The summed E-state index contributed by atoms with van der Waals surface area (Å²) >= 11 is 0. The zero-order valence-corrected chi connectivity index (χ0v) is 18.3. The highest BCUT2D eigenvalue weighted by atomic mass is 19.1. The molecular formula is C23H23FN4O5. The van der Waals surface area contributed by atoms with Gasteiger partial charge in [-0.05, 0) is 29.8 Å². The third-order valence-electron chi connectivity index (χ3n) is 5.30. The molecule has 172 valence electrons. The van der Waals surface area contributed by atoms with Gasteiger partial charge in [-0.3, -0.25) is 9.59 Å². The first-order valence-electron chi connectivity index (χ1n) is 10.1. The first-order chi connectivity index (χ1) is 15.9. The Balaban J connectivity index is 1.62. The second-order valence-corrected chi connectivity index (χ2v) is 7.38. The maximum atomic E-state index is 13.4. The number of halogens is 1. The number of fused-ring (bicyclic) bond motifs is 1. The Morgan fingerprint density at radius 2 is 1.91 bits per heavy atom. The van der Waals surface area contributed by atoms with Gasteiger partial charge in [-0.1, -0.05) is 12.1 Å². The van der Waals surface area contributed by atoms with E-state index in [1.807, 2.05) is 0 Å². The first kappa shape index (κ1) is 22.3. The van der Waals surface area contributed by atoms with E-state index in [9.17, 15) is 14.0 Å². The van der Waals surface area contributed by atoms with Crippen molar-refractivity contribution in [2.75, 3.05) is 32.0 Å². The van der Waals surface area contributed by atoms with Crippen molar-refractivity contribution in [2.24, 2.45) is 0 Å². The van der Waals surface area contributed by atoms with Gasteiger partial charge in [-0.15, -0.1) is 0 Å². The number of hydrogen-bond acceptors (Lipinski definition) is 6. The molecule has 0 saturated carbocycles. The largest absolute Gasteiger partial charge is 0.497 e. The molecule has 0 radical (unpaired) electrons. The van der Waals surface area contributed by atoms with Gasteiger partial charge >= 0.3 is 0 Å². The molecule has 0 spiro atoms. The van der Waals surface area contributed by atoms with Gasteiger partial charge in [0.1, 0.15) is 29.2 Å². The van der Waals surface area contributed by atoms with Crippen LogP contribution in [0.3, 0.4) is 0 Å². The van der Waals surface area contributed by atoms with Crippen LogP contribution in [0.5, 0.6) is 11.5 Å². The van der Waals surface area contributed by atoms with Crippen LogP contribution in [-0.4, -0.2) is 42.9 Å². The predicted molar refractivity (Wildman–Crippen MR) is 119 cm³/mol. The number of aromatic nitrogens is 2. The van der Waals surface area contributed by atoms with Crippen molar-refractivity contribution in [3.05, 3.63) is 54.0 Å². The number of ether oxygens (including phenoxy) is 3. The summed E-state index contributed by atoms with van der Waals surface area (Å²) in [6.45, 7) is 0.183. The number of hydrogen-bond donors (Lipinski definition) is 2. The van der Waals surface area contributed by atoms with E-state index in [2.05, 4.69) is 15.7 Å². The van der Waals surface area contributed by atoms with E-state index in [1.165, 1.54) is 38.1 Å². The fourth-order valence-electron chi connectivity index (χ4n) is 3.76. The lowest BCUT2D eigenvalue weighted by molar-refractivity contribution is -0.123. The number of benzene rings is 2. The van der Waals surface area contributed by atoms with Gasteiger partial charge in [0.05, 0.1) is 38.6 Å². The molecule has 0 bridgehead atoms. The molecule has 0 aliphatic carbocycles. The molecule has 1 aromatic heterocycles. The zero-order chi connectivity index (χ0) is 23.5. The summed E-state index contributed by atoms with van der Waals surface area (Å²) in [5.74, 6) is 0.310. The van der Waals surface area contributed by atoms with E-state index in [-0.39, 0.29) is 24.8 Å². The number of amides is 2. The van der Waals surface area contributed by atoms with Gasteiger partial charge in [0.15, 0.2) is 0 Å². The topological polar surface area (TPSA) is 104 Å². The zero-order valence-electron chi connectivity index (χ0n) is 18.3. The number of rotatable bonds is 8. The second-order valence-electron chi connectivity index (χ2n) is 7.38. The van der Waals surface area contributed by atoms with Crippen LogP contribution in [0.25, 0.3) is 11.1 Å². The number of carbonyl (C=O) groups excluding carboxylic acids is 2. The van der Waals surface area contributed by atoms with E-state index in [4.69, 9.17) is 14.2 Å². The molecular weight excluding hydrogens is 431 g/mol. The molecule has 9 nitrogen and oxygen atoms in total. The van der Waals surface area contributed by atoms with Gasteiger partial charge in [-0.25, -0.2) is 9.07 Å². The number of methoxy groups -OCH3 is 3. The second kappa shape index (κ2) is 9.29. The molecule has 2 heterocycles. The molecule has 10 heteroatoms. The van der Waals surface area contributed by atoms with Crippen molar-refractivity contribution in [3.63, 3.8) is 0 Å². The normalized spacial score (nSPS) is 14.5. The highest BCUT2D eigenvalue weighted by Gasteiger charge is 2.37. The van der Waals surface area contributed by atoms with Crippen LogP contribution in [0.2, 0.25) is 0 Å². The number of nitrogens with zero attached hydrogens (tertiary/aromatic N) is 2. The molecule has 3 aromatic rings. The molecule has 1 atom stereocenters. The summed E-state index contributed by atoms with van der Waals surface area (Å²) in [5, 5.41) is 10.1. The fourth-order valence-corrected chi connectivity index (χ4v) is 3.76. The van der Waals surface area contributed by atoms with Crippen molar-refractivity contribution >= 4 is 23.3 Å². The first-order valence-corrected chi connectivity index (χ1v) is 10.1. The maximum absolute atomic E-state index is 13.4. The number of anilines is 2. The molecule has 2 aromatic carbocycles. The molecule has 0 fully saturated rings. The number of nitrogens with one attached hydrogen (secondary N) is 2. The Kier molecular flexibility index (Phi) is 6.27. The molecule has 1 aliphatic heterocycles. The molecule has 0 saturated heterocycles. The Morgan fingerprint density at radius 1 is 1.15 bits per heavy atom. The van der Waals surface area contributed by atoms with Gasteiger partial charge in [0, 0.05) is 18.7 Å². The lowest BCUT2D eigenvalue weighted by atomic mass is 10.1. The van der Waals surface area contributed by atoms with E-state index >= 15 is 0 Å². The lowest BCUT2D eigenvalue weighted by Crippen LogP contribution is -2.24. The molecule has 1 aliphatic rings. The van der Waals surface area contributed by atoms with E-state index < -0.39 is 11.9 Å². The lowest BCUT2D eigenvalue weighted by Gasteiger charge is -2.13. The van der Waals surface area contributed by atoms with Gasteiger partial charge in [-0.2, -0.15) is 5.10 Å². The summed E-state index contributed by atoms with van der Waals surface area (Å²) in [6.07, 6.45) is -0.157. The van der Waals surface area contributed by atoms with Crippen LogP contribution in [-0.2, 0) is 20.9 Å². The summed E-state index contributed by atoms with van der Waals surface area (Å²) < 4.78 is 30.6. The Bertz CT molecular complexity index is 1190. The van der Waals surface area contributed by atoms with E-state index in [0.717, 1.165) is 0 Å². The van der Waals surface area contributed by atoms with Crippen molar-refractivity contribution < 1.29 is 28.2 Å². The standard InChI is InChI=1S/C23H23FN4O5/c1-31-12-17-21(13-4-6-14(24)7-5-13)22-26-23(30)18(28(22)27-17)11-20(29)25-16-10-15(32-2)8-9-19(16)33-3/h4-10,18H,11-12H2,1-3H3,(H,25,29)(H,26,30). The third-order valence-corrected chi connectivity index (χ3v) is 5.30. The highest BCUT2D eigenvalue weighted by Crippen LogP contribution is 2.39. The van der Waals surface area contributed by atoms with Crippen LogP contribution in [0.4, 0.5) is 15.9 Å². The van der Waals surface area contributed by atoms with Gasteiger partial charge < -0.3 is 24.8 Å². The minimum Gasteiger partial charge on any atom is -0.497 e. The van der Waals surface area contributed by atoms with Crippen LogP contribution in [0, 0.1) is 5.82 Å². The average Bonchev–Trinajstić information content (AvgIpc) is 3.29. The monoisotopic (exact) mass is 454 g/mol. The summed E-state index contributed by atoms with van der Waals surface area (Å²) in [5.41, 5.74) is 2.30. The fraction of sp³-hybridized carbons (Fsp3) is 0.261. The Morgan fingerprint density at radius 3 is 2.58 bits per heavy atom. The summed E-state index contributed by atoms with van der Waals surface area (Å²) in [4.78, 5) is 25.5. The average molecular weight is 454 g/mol. The van der Waals surface area contributed by atoms with Crippen molar-refractivity contribution in [3.8, 4) is 22.6 Å². The Hall–Kier alpha value is -3.92. The maximum Gasteiger partial charge on any atom is 0.251 e. The third kappa shape index (κ3) is 4.37. The minimum absolute atomic E-state index is 0.157. The Labute approximate surface area is 189 Å². The van der Waals surface area contributed by atoms with Crippen LogP contribution >= 0.6 is 0 Å². The van der Waals surface area contributed by atoms with Crippen molar-refractivity contribution in [1.82, 2.24) is 9.78 Å². The van der Waals surface area contributed by atoms with Crippen LogP contribution in [0.15, 0.2) is 42.5 Å². The van der Waals surface area contributed by atoms with Gasteiger partial charge in [0.2, 0.25) is 5.91 Å². The molecule has 2 amide bonds. The predicted octanol–water partition coefficient (Wildman–Crippen LogP) is 3.37. The minimum atomic E-state index is -0.860. The molecule has 4 rings (SSSR count). The molecule has 33 heavy (non-hydrogen) atoms. The van der Waals surface area contributed by atoms with Crippen LogP contribution in [0.1, 0.15) is 18.2 Å². The summed E-state index contributed by atoms with van der Waals surface area (Å²) in [6, 6.07) is 10.0. The summed E-state index contributed by atoms with van der Waals surface area (Å²) in [7, 11) is 4.54. The smallest absolute Gasteiger partial charge is 0.251 e. The quantitative estimate of drug-likeness (QED) is 0.541. The van der Waals surface area contributed by atoms with Crippen LogP contribution < -0.4 is 20.1 Å². The highest BCUT2D eigenvalue weighted by molar-refractivity contribution is 6.04. The SMILES string of the molecule is COCc1nn2c(c1-c1ccc(F)cc1)NC(=O)C2CC(=O)Nc1cc(OC)ccc1OC.